The van der Waals surface area contributed by atoms with Crippen molar-refractivity contribution >= 4 is 5.70 Å². The highest BCUT2D eigenvalue weighted by atomic mass is 16.7. The van der Waals surface area contributed by atoms with E-state index in [2.05, 4.69) is 23.7 Å². The topological polar surface area (TPSA) is 39.7 Å². The molecule has 0 amide bonds. The molecule has 22 heavy (non-hydrogen) atoms. The van der Waals surface area contributed by atoms with Crippen LogP contribution in [0.1, 0.15) is 50.5 Å². The van der Waals surface area contributed by atoms with Crippen LogP contribution in [0.5, 0.6) is 11.5 Å². The molecule has 1 aromatic rings. The van der Waals surface area contributed by atoms with Crippen molar-refractivity contribution in [1.29, 1.82) is 0 Å². The Labute approximate surface area is 131 Å². The molecule has 2 fully saturated rings. The van der Waals surface area contributed by atoms with E-state index in [-0.39, 0.29) is 5.60 Å². The molecule has 0 bridgehead atoms. The number of nitrogens with one attached hydrogen (secondary N) is 1. The zero-order valence-electron chi connectivity index (χ0n) is 13.1. The van der Waals surface area contributed by atoms with Crippen molar-refractivity contribution in [2.24, 2.45) is 0 Å². The predicted molar refractivity (Wildman–Crippen MR) is 84.7 cm³/mol. The van der Waals surface area contributed by atoms with Crippen molar-refractivity contribution < 1.29 is 14.3 Å². The van der Waals surface area contributed by atoms with Gasteiger partial charge < -0.3 is 9.47 Å². The van der Waals surface area contributed by atoms with Gasteiger partial charge in [0.05, 0.1) is 18.9 Å². The summed E-state index contributed by atoms with van der Waals surface area (Å²) in [6, 6.07) is 6.10. The van der Waals surface area contributed by atoms with Crippen molar-refractivity contribution in [3.8, 4) is 11.5 Å². The third-order valence-electron chi connectivity index (χ3n) is 5.04. The Kier molecular flexibility index (Phi) is 3.49. The second-order valence-electron chi connectivity index (χ2n) is 6.57. The molecule has 0 aromatic heterocycles. The van der Waals surface area contributed by atoms with Crippen molar-refractivity contribution in [2.75, 3.05) is 7.11 Å². The summed E-state index contributed by atoms with van der Waals surface area (Å²) >= 11 is 0. The van der Waals surface area contributed by atoms with Crippen molar-refractivity contribution in [3.05, 3.63) is 29.8 Å². The van der Waals surface area contributed by atoms with E-state index in [0.717, 1.165) is 48.4 Å². The van der Waals surface area contributed by atoms with Crippen LogP contribution < -0.4 is 15.0 Å². The minimum absolute atomic E-state index is 0.0677. The number of hydrogen-bond donors (Lipinski definition) is 1. The number of hydroxylamine groups is 1. The number of benzene rings is 1. The molecule has 1 aromatic carbocycles. The summed E-state index contributed by atoms with van der Waals surface area (Å²) in [4.78, 5) is 5.76. The Hall–Kier alpha value is -1.68. The maximum absolute atomic E-state index is 6.17. The Morgan fingerprint density at radius 2 is 1.95 bits per heavy atom. The summed E-state index contributed by atoms with van der Waals surface area (Å²) < 4.78 is 11.6. The Balaban J connectivity index is 1.59. The molecule has 1 aliphatic heterocycles. The molecule has 4 nitrogen and oxygen atoms in total. The van der Waals surface area contributed by atoms with Gasteiger partial charge in [0.15, 0.2) is 11.5 Å². The predicted octanol–water partition coefficient (Wildman–Crippen LogP) is 3.82. The van der Waals surface area contributed by atoms with Gasteiger partial charge in [-0.05, 0) is 69.2 Å². The summed E-state index contributed by atoms with van der Waals surface area (Å²) in [5, 5.41) is 0. The molecular formula is C18H23NO3. The van der Waals surface area contributed by atoms with Gasteiger partial charge in [-0.3, -0.25) is 10.3 Å². The van der Waals surface area contributed by atoms with Crippen LogP contribution in [0.4, 0.5) is 0 Å². The lowest BCUT2D eigenvalue weighted by Gasteiger charge is -2.33. The molecular weight excluding hydrogens is 278 g/mol. The molecule has 4 rings (SSSR count). The number of ether oxygens (including phenoxy) is 2. The monoisotopic (exact) mass is 301 g/mol. The van der Waals surface area contributed by atoms with E-state index >= 15 is 0 Å². The highest BCUT2D eigenvalue weighted by molar-refractivity contribution is 5.68. The maximum atomic E-state index is 6.17. The quantitative estimate of drug-likeness (QED) is 0.918. The lowest BCUT2D eigenvalue weighted by atomic mass is 9.80. The van der Waals surface area contributed by atoms with Gasteiger partial charge in [-0.15, -0.1) is 0 Å². The normalized spacial score (nSPS) is 23.0. The first-order chi connectivity index (χ1) is 10.8. The zero-order chi connectivity index (χ0) is 15.0. The molecule has 1 heterocycles. The number of rotatable bonds is 4. The highest BCUT2D eigenvalue weighted by Gasteiger charge is 2.41. The van der Waals surface area contributed by atoms with Crippen LogP contribution in [-0.2, 0) is 4.84 Å². The zero-order valence-corrected chi connectivity index (χ0v) is 13.1. The van der Waals surface area contributed by atoms with Crippen LogP contribution >= 0.6 is 0 Å². The van der Waals surface area contributed by atoms with Gasteiger partial charge in [0.1, 0.15) is 5.60 Å². The van der Waals surface area contributed by atoms with Crippen LogP contribution in [0.15, 0.2) is 24.3 Å². The summed E-state index contributed by atoms with van der Waals surface area (Å²) in [7, 11) is 1.69. The maximum Gasteiger partial charge on any atom is 0.162 e. The Morgan fingerprint density at radius 3 is 2.59 bits per heavy atom. The lowest BCUT2D eigenvalue weighted by Crippen LogP contribution is -2.36. The van der Waals surface area contributed by atoms with Crippen LogP contribution in [0.3, 0.4) is 0 Å². The van der Waals surface area contributed by atoms with Crippen LogP contribution in [-0.4, -0.2) is 18.8 Å². The average molecular weight is 301 g/mol. The van der Waals surface area contributed by atoms with E-state index < -0.39 is 0 Å². The summed E-state index contributed by atoms with van der Waals surface area (Å²) in [5.41, 5.74) is 5.16. The Bertz CT molecular complexity index is 586. The van der Waals surface area contributed by atoms with Crippen LogP contribution in [0.25, 0.3) is 5.70 Å². The van der Waals surface area contributed by atoms with Gasteiger partial charge in [-0.1, -0.05) is 0 Å². The van der Waals surface area contributed by atoms with Crippen LogP contribution in [0, 0.1) is 0 Å². The van der Waals surface area contributed by atoms with Gasteiger partial charge in [0.2, 0.25) is 0 Å². The molecule has 0 atom stereocenters. The fourth-order valence-electron chi connectivity index (χ4n) is 3.51. The lowest BCUT2D eigenvalue weighted by molar-refractivity contribution is -0.0821. The molecule has 2 aliphatic carbocycles. The fraction of sp³-hybridized carbons (Fsp3) is 0.556. The van der Waals surface area contributed by atoms with Crippen LogP contribution in [0.2, 0.25) is 0 Å². The molecule has 4 heteroatoms. The smallest absolute Gasteiger partial charge is 0.162 e. The summed E-state index contributed by atoms with van der Waals surface area (Å²) in [6.45, 7) is 0. The molecule has 0 saturated heterocycles. The minimum atomic E-state index is -0.0677. The second kappa shape index (κ2) is 5.51. The van der Waals surface area contributed by atoms with E-state index in [1.165, 1.54) is 19.3 Å². The molecule has 0 unspecified atom stereocenters. The summed E-state index contributed by atoms with van der Waals surface area (Å²) in [5.74, 6) is 1.64. The van der Waals surface area contributed by atoms with Crippen molar-refractivity contribution in [3.63, 3.8) is 0 Å². The van der Waals surface area contributed by atoms with E-state index in [9.17, 15) is 0 Å². The van der Waals surface area contributed by atoms with Gasteiger partial charge in [0.25, 0.3) is 0 Å². The fourth-order valence-corrected chi connectivity index (χ4v) is 3.51. The van der Waals surface area contributed by atoms with E-state index in [1.54, 1.807) is 7.11 Å². The van der Waals surface area contributed by atoms with E-state index in [4.69, 9.17) is 14.3 Å². The van der Waals surface area contributed by atoms with Crippen molar-refractivity contribution in [1.82, 2.24) is 5.48 Å². The third-order valence-corrected chi connectivity index (χ3v) is 5.04. The molecule has 0 radical (unpaired) electrons. The second-order valence-corrected chi connectivity index (χ2v) is 6.57. The first-order valence-corrected chi connectivity index (χ1v) is 8.30. The standard InChI is InChI=1S/C18H23NO3/c1-20-16-8-7-13(11-17(16)21-14-5-2-3-6-14)15-12-18(22-19-15)9-4-10-18/h7-8,11-12,14,19H,2-6,9-10H2,1H3. The van der Waals surface area contributed by atoms with E-state index in [1.807, 2.05) is 6.07 Å². The SMILES string of the molecule is COc1ccc(C2=CC3(CCC3)ON2)cc1OC1CCCC1. The van der Waals surface area contributed by atoms with Crippen molar-refractivity contribution in [2.45, 2.75) is 56.7 Å². The summed E-state index contributed by atoms with van der Waals surface area (Å²) in [6.07, 6.45) is 10.8. The van der Waals surface area contributed by atoms with Gasteiger partial charge in [0, 0.05) is 5.56 Å². The molecule has 1 N–H and O–H groups in total. The average Bonchev–Trinajstić information content (AvgIpc) is 3.16. The molecule has 118 valence electrons. The first-order valence-electron chi connectivity index (χ1n) is 8.30. The molecule has 2 saturated carbocycles. The van der Waals surface area contributed by atoms with Gasteiger partial charge in [-0.25, -0.2) is 0 Å². The van der Waals surface area contributed by atoms with Gasteiger partial charge >= 0.3 is 0 Å². The molecule has 3 aliphatic rings. The largest absolute Gasteiger partial charge is 0.493 e. The van der Waals surface area contributed by atoms with E-state index in [0.29, 0.717) is 6.10 Å². The third kappa shape index (κ3) is 2.45. The highest BCUT2D eigenvalue weighted by Crippen LogP contribution is 2.42. The number of methoxy groups -OCH3 is 1. The van der Waals surface area contributed by atoms with Gasteiger partial charge in [-0.2, -0.15) is 0 Å². The minimum Gasteiger partial charge on any atom is -0.493 e. The first kappa shape index (κ1) is 13.9. The Morgan fingerprint density at radius 1 is 1.14 bits per heavy atom. The number of hydrogen-bond acceptors (Lipinski definition) is 4. The molecule has 1 spiro atoms.